The van der Waals surface area contributed by atoms with E-state index in [1.54, 1.807) is 0 Å². The molecule has 0 aromatic carbocycles. The van der Waals surface area contributed by atoms with Crippen LogP contribution in [0.2, 0.25) is 0 Å². The topological polar surface area (TPSA) is 69.7 Å². The largest absolute Gasteiger partial charge is 0.466 e. The maximum absolute atomic E-state index is 12.5. The van der Waals surface area contributed by atoms with E-state index in [1.807, 2.05) is 0 Å². The Hall–Kier alpha value is -1.39. The van der Waals surface area contributed by atoms with Crippen molar-refractivity contribution in [2.45, 2.75) is 197 Å². The molecular formula is C39H74O5. The molecule has 0 rings (SSSR count). The highest BCUT2D eigenvalue weighted by atomic mass is 16.5. The molecule has 0 bridgehead atoms. The first kappa shape index (κ1) is 42.6. The number of carbonyl (C=O) groups excluding carboxylic acids is 3. The van der Waals surface area contributed by atoms with Crippen LogP contribution in [0.25, 0.3) is 0 Å². The lowest BCUT2D eigenvalue weighted by Crippen LogP contribution is -2.16. The summed E-state index contributed by atoms with van der Waals surface area (Å²) >= 11 is 0. The number of hydrogen-bond acceptors (Lipinski definition) is 5. The highest BCUT2D eigenvalue weighted by Gasteiger charge is 2.22. The van der Waals surface area contributed by atoms with Crippen LogP contribution in [-0.2, 0) is 23.9 Å². The molecule has 5 nitrogen and oxygen atoms in total. The predicted molar refractivity (Wildman–Crippen MR) is 186 cm³/mol. The van der Waals surface area contributed by atoms with E-state index in [0.29, 0.717) is 44.7 Å². The Labute approximate surface area is 273 Å². The number of esters is 2. The summed E-state index contributed by atoms with van der Waals surface area (Å²) < 4.78 is 10.9. The zero-order valence-electron chi connectivity index (χ0n) is 30.7. The van der Waals surface area contributed by atoms with Gasteiger partial charge in [0.15, 0.2) is 0 Å². The third kappa shape index (κ3) is 29.3. The van der Waals surface area contributed by atoms with Crippen LogP contribution in [0, 0.1) is 22.7 Å². The Morgan fingerprint density at radius 1 is 0.455 bits per heavy atom. The van der Waals surface area contributed by atoms with Gasteiger partial charge < -0.3 is 9.47 Å². The van der Waals surface area contributed by atoms with E-state index < -0.39 is 0 Å². The molecule has 0 amide bonds. The quantitative estimate of drug-likeness (QED) is 0.0589. The van der Waals surface area contributed by atoms with Gasteiger partial charge in [-0.3, -0.25) is 14.4 Å². The van der Waals surface area contributed by atoms with Crippen LogP contribution < -0.4 is 0 Å². The van der Waals surface area contributed by atoms with Gasteiger partial charge in [-0.05, 0) is 74.0 Å². The second-order valence-corrected chi connectivity index (χ2v) is 15.9. The molecule has 0 heterocycles. The van der Waals surface area contributed by atoms with Crippen molar-refractivity contribution in [2.75, 3.05) is 13.2 Å². The molecule has 0 aromatic rings. The van der Waals surface area contributed by atoms with Crippen molar-refractivity contribution in [3.8, 4) is 0 Å². The fraction of sp³-hybridized carbons (Fsp3) is 0.923. The maximum Gasteiger partial charge on any atom is 0.305 e. The Kier molecular flexibility index (Phi) is 24.9. The van der Waals surface area contributed by atoms with Crippen molar-refractivity contribution in [2.24, 2.45) is 22.7 Å². The van der Waals surface area contributed by atoms with Crippen LogP contribution >= 0.6 is 0 Å². The van der Waals surface area contributed by atoms with E-state index >= 15 is 0 Å². The van der Waals surface area contributed by atoms with Crippen LogP contribution in [0.1, 0.15) is 197 Å². The summed E-state index contributed by atoms with van der Waals surface area (Å²) in [4.78, 5) is 36.9. The van der Waals surface area contributed by atoms with Crippen LogP contribution in [0.15, 0.2) is 0 Å². The van der Waals surface area contributed by atoms with Crippen LogP contribution in [-0.4, -0.2) is 30.9 Å². The molecule has 5 heteroatoms. The molecule has 0 aliphatic rings. The smallest absolute Gasteiger partial charge is 0.305 e. The molecule has 0 saturated carbocycles. The van der Waals surface area contributed by atoms with E-state index in [1.165, 1.54) is 51.4 Å². The van der Waals surface area contributed by atoms with Gasteiger partial charge in [-0.25, -0.2) is 0 Å². The molecule has 0 saturated heterocycles. The lowest BCUT2D eigenvalue weighted by atomic mass is 9.81. The Morgan fingerprint density at radius 2 is 0.795 bits per heavy atom. The molecule has 0 unspecified atom stereocenters. The highest BCUT2D eigenvalue weighted by molar-refractivity contribution is 5.78. The number of Topliss-reactive ketones (excluding diaryl/α,β-unsaturated/α-hetero) is 1. The summed E-state index contributed by atoms with van der Waals surface area (Å²) in [5.74, 6) is 1.71. The first-order valence-electron chi connectivity index (χ1n) is 18.6. The van der Waals surface area contributed by atoms with Gasteiger partial charge in [0.05, 0.1) is 13.2 Å². The SMILES string of the molecule is CC(C)CCCCCCCOC(=O)CCC(C)(C)CCCC(=O)CCCC(C)(C)CCC(=O)OCCCCCCCC(C)C. The highest BCUT2D eigenvalue weighted by Crippen LogP contribution is 2.31. The molecule has 44 heavy (non-hydrogen) atoms. The Morgan fingerprint density at radius 3 is 1.16 bits per heavy atom. The average molecular weight is 623 g/mol. The minimum Gasteiger partial charge on any atom is -0.466 e. The molecule has 0 fully saturated rings. The number of ether oxygens (including phenoxy) is 2. The van der Waals surface area contributed by atoms with Crippen molar-refractivity contribution < 1.29 is 23.9 Å². The van der Waals surface area contributed by atoms with Crippen molar-refractivity contribution in [1.29, 1.82) is 0 Å². The third-order valence-electron chi connectivity index (χ3n) is 9.01. The second kappa shape index (κ2) is 25.8. The van der Waals surface area contributed by atoms with Crippen molar-refractivity contribution in [1.82, 2.24) is 0 Å². The van der Waals surface area contributed by atoms with Crippen molar-refractivity contribution in [3.63, 3.8) is 0 Å². The van der Waals surface area contributed by atoms with Crippen LogP contribution in [0.3, 0.4) is 0 Å². The van der Waals surface area contributed by atoms with Crippen LogP contribution in [0.4, 0.5) is 0 Å². The summed E-state index contributed by atoms with van der Waals surface area (Å²) in [7, 11) is 0. The summed E-state index contributed by atoms with van der Waals surface area (Å²) in [6.45, 7) is 18.9. The molecule has 0 spiro atoms. The predicted octanol–water partition coefficient (Wildman–Crippen LogP) is 11.6. The first-order chi connectivity index (χ1) is 20.7. The van der Waals surface area contributed by atoms with Crippen LogP contribution in [0.5, 0.6) is 0 Å². The minimum atomic E-state index is -0.0901. The third-order valence-corrected chi connectivity index (χ3v) is 9.01. The van der Waals surface area contributed by atoms with E-state index in [-0.39, 0.29) is 22.8 Å². The molecule has 0 N–H and O–H groups in total. The van der Waals surface area contributed by atoms with E-state index in [9.17, 15) is 14.4 Å². The fourth-order valence-corrected chi connectivity index (χ4v) is 5.67. The molecular weight excluding hydrogens is 548 g/mol. The Bertz CT molecular complexity index is 677. The van der Waals surface area contributed by atoms with Gasteiger partial charge in [-0.2, -0.15) is 0 Å². The summed E-state index contributed by atoms with van der Waals surface area (Å²) in [5.41, 5.74) is 0.0551. The van der Waals surface area contributed by atoms with E-state index in [0.717, 1.165) is 76.0 Å². The minimum absolute atomic E-state index is 0.0275. The van der Waals surface area contributed by atoms with Gasteiger partial charge >= 0.3 is 11.9 Å². The lowest BCUT2D eigenvalue weighted by molar-refractivity contribution is -0.145. The summed E-state index contributed by atoms with van der Waals surface area (Å²) in [6, 6.07) is 0. The molecule has 0 aliphatic carbocycles. The number of rotatable bonds is 30. The number of hydrogen-bond donors (Lipinski definition) is 0. The number of carbonyl (C=O) groups is 3. The molecule has 0 aliphatic heterocycles. The summed E-state index contributed by atoms with van der Waals surface area (Å²) in [5, 5.41) is 0. The average Bonchev–Trinajstić information content (AvgIpc) is 2.93. The van der Waals surface area contributed by atoms with E-state index in [4.69, 9.17) is 9.47 Å². The number of unbranched alkanes of at least 4 members (excludes halogenated alkanes) is 8. The van der Waals surface area contributed by atoms with Crippen molar-refractivity contribution >= 4 is 17.7 Å². The van der Waals surface area contributed by atoms with Gasteiger partial charge in [0.2, 0.25) is 0 Å². The first-order valence-corrected chi connectivity index (χ1v) is 18.6. The monoisotopic (exact) mass is 623 g/mol. The van der Waals surface area contributed by atoms with Gasteiger partial charge in [0.25, 0.3) is 0 Å². The maximum atomic E-state index is 12.5. The molecule has 0 radical (unpaired) electrons. The van der Waals surface area contributed by atoms with Gasteiger partial charge in [-0.15, -0.1) is 0 Å². The Balaban J connectivity index is 3.86. The number of ketones is 1. The molecule has 0 atom stereocenters. The normalized spacial score (nSPS) is 12.2. The van der Waals surface area contributed by atoms with Gasteiger partial charge in [0.1, 0.15) is 5.78 Å². The van der Waals surface area contributed by atoms with E-state index in [2.05, 4.69) is 55.4 Å². The summed E-state index contributed by atoms with van der Waals surface area (Å²) in [6.07, 6.45) is 21.7. The van der Waals surface area contributed by atoms with Gasteiger partial charge in [-0.1, -0.05) is 120 Å². The zero-order valence-corrected chi connectivity index (χ0v) is 30.7. The molecule has 0 aromatic heterocycles. The molecule has 260 valence electrons. The second-order valence-electron chi connectivity index (χ2n) is 15.9. The lowest BCUT2D eigenvalue weighted by Gasteiger charge is -2.24. The van der Waals surface area contributed by atoms with Gasteiger partial charge in [0, 0.05) is 25.7 Å². The van der Waals surface area contributed by atoms with Crippen molar-refractivity contribution in [3.05, 3.63) is 0 Å². The fourth-order valence-electron chi connectivity index (χ4n) is 5.67. The zero-order chi connectivity index (χ0) is 33.3. The standard InChI is InChI=1S/C39H74O5/c1-33(2)21-15-11-9-13-17-31-43-36(41)25-29-38(5,6)27-19-23-35(40)24-20-28-39(7,8)30-26-37(42)44-32-18-14-10-12-16-22-34(3)4/h33-34H,9-32H2,1-8H3.